The molecular weight excluding hydrogens is 172 g/mol. The van der Waals surface area contributed by atoms with Gasteiger partial charge in [-0.3, -0.25) is 0 Å². The maximum atomic E-state index is 5.11. The summed E-state index contributed by atoms with van der Waals surface area (Å²) < 4.78 is 5.11. The van der Waals surface area contributed by atoms with Crippen LogP contribution in [-0.2, 0) is 4.74 Å². The van der Waals surface area contributed by atoms with Crippen LogP contribution >= 0.6 is 0 Å². The fraction of sp³-hybridized carbons (Fsp3) is 0.308. The zero-order chi connectivity index (χ0) is 10.4. The van der Waals surface area contributed by atoms with Crippen molar-refractivity contribution in [2.75, 3.05) is 6.61 Å². The van der Waals surface area contributed by atoms with E-state index in [1.807, 2.05) is 13.0 Å². The summed E-state index contributed by atoms with van der Waals surface area (Å²) in [4.78, 5) is 0. The first-order valence-corrected chi connectivity index (χ1v) is 4.87. The van der Waals surface area contributed by atoms with E-state index >= 15 is 0 Å². The van der Waals surface area contributed by atoms with Crippen molar-refractivity contribution in [1.29, 1.82) is 0 Å². The highest BCUT2D eigenvalue weighted by Crippen LogP contribution is 2.11. The van der Waals surface area contributed by atoms with Crippen LogP contribution in [0.1, 0.15) is 23.6 Å². The van der Waals surface area contributed by atoms with Gasteiger partial charge in [-0.15, -0.1) is 0 Å². The van der Waals surface area contributed by atoms with Gasteiger partial charge in [-0.05, 0) is 31.9 Å². The molecule has 0 amide bonds. The molecule has 0 fully saturated rings. The van der Waals surface area contributed by atoms with Crippen molar-refractivity contribution in [3.8, 4) is 0 Å². The van der Waals surface area contributed by atoms with Gasteiger partial charge in [0.25, 0.3) is 0 Å². The predicted molar refractivity (Wildman–Crippen MR) is 60.9 cm³/mol. The van der Waals surface area contributed by atoms with E-state index in [-0.39, 0.29) is 0 Å². The maximum Gasteiger partial charge on any atom is 0.0810 e. The molecule has 14 heavy (non-hydrogen) atoms. The summed E-state index contributed by atoms with van der Waals surface area (Å²) in [5, 5.41) is 0. The highest BCUT2D eigenvalue weighted by atomic mass is 16.5. The minimum Gasteiger partial charge on any atom is -0.372 e. The Morgan fingerprint density at radius 1 is 1.29 bits per heavy atom. The summed E-state index contributed by atoms with van der Waals surface area (Å²) in [5.74, 6) is 0. The average molecular weight is 189 g/mol. The largest absolute Gasteiger partial charge is 0.372 e. The lowest BCUT2D eigenvalue weighted by molar-refractivity contribution is 0.240. The van der Waals surface area contributed by atoms with Crippen molar-refractivity contribution < 1.29 is 4.74 Å². The topological polar surface area (TPSA) is 9.23 Å². The molecule has 1 radical (unpaired) electrons. The van der Waals surface area contributed by atoms with Crippen molar-refractivity contribution in [2.24, 2.45) is 0 Å². The molecule has 1 nitrogen and oxygen atoms in total. The molecule has 0 unspecified atom stereocenters. The first-order chi connectivity index (χ1) is 6.74. The minimum absolute atomic E-state index is 0.643. The second-order valence-corrected chi connectivity index (χ2v) is 3.33. The van der Waals surface area contributed by atoms with Gasteiger partial charge in [0.2, 0.25) is 0 Å². The summed E-state index contributed by atoms with van der Waals surface area (Å²) in [6, 6.07) is 6.45. The molecule has 1 aromatic rings. The molecule has 0 aliphatic rings. The Bertz CT molecular complexity index is 313. The van der Waals surface area contributed by atoms with Crippen molar-refractivity contribution in [3.63, 3.8) is 0 Å². The zero-order valence-corrected chi connectivity index (χ0v) is 9.08. The van der Waals surface area contributed by atoms with Crippen molar-refractivity contribution in [3.05, 3.63) is 47.6 Å². The van der Waals surface area contributed by atoms with Crippen LogP contribution in [0.4, 0.5) is 0 Å². The first kappa shape index (κ1) is 11.0. The number of rotatable bonds is 4. The summed E-state index contributed by atoms with van der Waals surface area (Å²) in [5.41, 5.74) is 3.87. The molecule has 0 bridgehead atoms. The van der Waals surface area contributed by atoms with E-state index in [1.165, 1.54) is 16.7 Å². The minimum atomic E-state index is 0.643. The zero-order valence-electron chi connectivity index (χ0n) is 9.08. The molecule has 0 aliphatic heterocycles. The Kier molecular flexibility index (Phi) is 4.41. The molecule has 0 heterocycles. The van der Waals surface area contributed by atoms with Gasteiger partial charge in [-0.2, -0.15) is 0 Å². The van der Waals surface area contributed by atoms with Crippen LogP contribution in [0.2, 0.25) is 0 Å². The van der Waals surface area contributed by atoms with Gasteiger partial charge in [-0.1, -0.05) is 35.9 Å². The molecule has 0 saturated carbocycles. The lowest BCUT2D eigenvalue weighted by Gasteiger charge is -2.01. The van der Waals surface area contributed by atoms with E-state index < -0.39 is 0 Å². The molecule has 1 aromatic carbocycles. The van der Waals surface area contributed by atoms with Gasteiger partial charge in [-0.25, -0.2) is 0 Å². The van der Waals surface area contributed by atoms with Crippen molar-refractivity contribution in [1.82, 2.24) is 0 Å². The van der Waals surface area contributed by atoms with Crippen LogP contribution in [-0.4, -0.2) is 6.61 Å². The van der Waals surface area contributed by atoms with Crippen molar-refractivity contribution in [2.45, 2.75) is 20.8 Å². The van der Waals surface area contributed by atoms with Gasteiger partial charge in [0.05, 0.1) is 13.2 Å². The third kappa shape index (κ3) is 3.35. The Morgan fingerprint density at radius 3 is 2.71 bits per heavy atom. The second-order valence-electron chi connectivity index (χ2n) is 3.33. The average Bonchev–Trinajstić information content (AvgIpc) is 2.15. The van der Waals surface area contributed by atoms with Crippen LogP contribution in [0, 0.1) is 20.5 Å². The monoisotopic (exact) mass is 189 g/mol. The number of hydrogen-bond donors (Lipinski definition) is 0. The van der Waals surface area contributed by atoms with Crippen LogP contribution in [0.15, 0.2) is 24.3 Å². The molecule has 1 rings (SSSR count). The molecule has 1 heteroatoms. The number of aryl methyl sites for hydroxylation is 2. The molecular formula is C13H17O. The fourth-order valence-electron chi connectivity index (χ4n) is 1.34. The Morgan fingerprint density at radius 2 is 2.07 bits per heavy atom. The number of benzene rings is 1. The third-order valence-electron chi connectivity index (χ3n) is 2.08. The van der Waals surface area contributed by atoms with E-state index in [9.17, 15) is 0 Å². The van der Waals surface area contributed by atoms with E-state index in [1.54, 1.807) is 6.61 Å². The lowest BCUT2D eigenvalue weighted by Crippen LogP contribution is -1.85. The molecule has 0 aliphatic carbocycles. The maximum absolute atomic E-state index is 5.11. The van der Waals surface area contributed by atoms with Crippen LogP contribution < -0.4 is 0 Å². The Hall–Kier alpha value is -1.08. The van der Waals surface area contributed by atoms with E-state index in [4.69, 9.17) is 4.74 Å². The van der Waals surface area contributed by atoms with Crippen LogP contribution in [0.5, 0.6) is 0 Å². The third-order valence-corrected chi connectivity index (χ3v) is 2.08. The van der Waals surface area contributed by atoms with E-state index in [2.05, 4.69) is 38.1 Å². The standard InChI is InChI=1S/C13H17O/c1-4-14-9-5-6-13-8-7-11(2)10-12(13)3/h4-8,10H,9H2,1-3H3/b6-5+. The molecule has 75 valence electrons. The van der Waals surface area contributed by atoms with E-state index in [0.717, 1.165) is 0 Å². The lowest BCUT2D eigenvalue weighted by atomic mass is 10.1. The quantitative estimate of drug-likeness (QED) is 0.658. The summed E-state index contributed by atoms with van der Waals surface area (Å²) in [6.45, 7) is 8.45. The Balaban J connectivity index is 2.62. The Labute approximate surface area is 86.4 Å². The van der Waals surface area contributed by atoms with Gasteiger partial charge < -0.3 is 4.74 Å². The van der Waals surface area contributed by atoms with Crippen molar-refractivity contribution >= 4 is 6.08 Å². The second kappa shape index (κ2) is 5.61. The molecule has 0 saturated heterocycles. The summed E-state index contributed by atoms with van der Waals surface area (Å²) >= 11 is 0. The highest BCUT2D eigenvalue weighted by molar-refractivity contribution is 5.54. The van der Waals surface area contributed by atoms with Gasteiger partial charge >= 0.3 is 0 Å². The summed E-state index contributed by atoms with van der Waals surface area (Å²) in [7, 11) is 0. The van der Waals surface area contributed by atoms with Gasteiger partial charge in [0.15, 0.2) is 0 Å². The molecule has 0 aromatic heterocycles. The normalized spacial score (nSPS) is 11.1. The summed E-state index contributed by atoms with van der Waals surface area (Å²) in [6.07, 6.45) is 4.12. The van der Waals surface area contributed by atoms with Crippen LogP contribution in [0.3, 0.4) is 0 Å². The highest BCUT2D eigenvalue weighted by Gasteiger charge is 1.93. The number of ether oxygens (including phenoxy) is 1. The van der Waals surface area contributed by atoms with Gasteiger partial charge in [0, 0.05) is 0 Å². The number of hydrogen-bond acceptors (Lipinski definition) is 1. The van der Waals surface area contributed by atoms with Gasteiger partial charge in [0.1, 0.15) is 0 Å². The SMILES string of the molecule is C[CH]OC/C=C/c1ccc(C)cc1C. The fourth-order valence-corrected chi connectivity index (χ4v) is 1.34. The van der Waals surface area contributed by atoms with Crippen LogP contribution in [0.25, 0.3) is 6.08 Å². The smallest absolute Gasteiger partial charge is 0.0810 e. The van der Waals surface area contributed by atoms with E-state index in [0.29, 0.717) is 6.61 Å². The molecule has 0 N–H and O–H groups in total. The molecule has 0 spiro atoms. The predicted octanol–water partition coefficient (Wildman–Crippen LogP) is 3.51. The first-order valence-electron chi connectivity index (χ1n) is 4.87. The molecule has 0 atom stereocenters.